The molecule has 0 bridgehead atoms. The average molecular weight is 285 g/mol. The second-order valence-electron chi connectivity index (χ2n) is 6.45. The van der Waals surface area contributed by atoms with Crippen LogP contribution in [0.25, 0.3) is 0 Å². The van der Waals surface area contributed by atoms with Crippen molar-refractivity contribution in [2.45, 2.75) is 83.8 Å². The lowest BCUT2D eigenvalue weighted by Gasteiger charge is -2.34. The van der Waals surface area contributed by atoms with Crippen molar-refractivity contribution < 1.29 is 9.47 Å². The maximum absolute atomic E-state index is 6.29. The molecule has 0 radical (unpaired) electrons. The van der Waals surface area contributed by atoms with Crippen molar-refractivity contribution in [3.8, 4) is 0 Å². The summed E-state index contributed by atoms with van der Waals surface area (Å²) in [6.07, 6.45) is 10.1. The molecule has 0 aromatic carbocycles. The zero-order valence-corrected chi connectivity index (χ0v) is 13.9. The molecule has 1 rings (SSSR count). The first kappa shape index (κ1) is 17.9. The lowest BCUT2D eigenvalue weighted by atomic mass is 9.93. The van der Waals surface area contributed by atoms with Crippen molar-refractivity contribution in [1.29, 1.82) is 0 Å². The van der Waals surface area contributed by atoms with Gasteiger partial charge in [0.15, 0.2) is 0 Å². The Morgan fingerprint density at radius 2 is 1.70 bits per heavy atom. The van der Waals surface area contributed by atoms with E-state index in [-0.39, 0.29) is 5.60 Å². The molecule has 0 heterocycles. The zero-order valence-electron chi connectivity index (χ0n) is 13.9. The van der Waals surface area contributed by atoms with Gasteiger partial charge in [-0.15, -0.1) is 0 Å². The van der Waals surface area contributed by atoms with E-state index in [1.807, 2.05) is 0 Å². The maximum atomic E-state index is 6.29. The second-order valence-corrected chi connectivity index (χ2v) is 6.45. The first-order valence-corrected chi connectivity index (χ1v) is 8.63. The van der Waals surface area contributed by atoms with Gasteiger partial charge in [0.1, 0.15) is 0 Å². The van der Waals surface area contributed by atoms with Crippen LogP contribution in [0.4, 0.5) is 0 Å². The van der Waals surface area contributed by atoms with Crippen LogP contribution in [0.5, 0.6) is 0 Å². The molecule has 0 spiro atoms. The summed E-state index contributed by atoms with van der Waals surface area (Å²) in [5.41, 5.74) is 0.0505. The minimum Gasteiger partial charge on any atom is -0.379 e. The van der Waals surface area contributed by atoms with Gasteiger partial charge < -0.3 is 14.8 Å². The topological polar surface area (TPSA) is 30.5 Å². The molecule has 0 amide bonds. The van der Waals surface area contributed by atoms with Gasteiger partial charge in [0, 0.05) is 19.2 Å². The fourth-order valence-electron chi connectivity index (χ4n) is 2.80. The molecule has 0 unspecified atom stereocenters. The van der Waals surface area contributed by atoms with Gasteiger partial charge in [0.25, 0.3) is 0 Å². The fourth-order valence-corrected chi connectivity index (χ4v) is 2.80. The summed E-state index contributed by atoms with van der Waals surface area (Å²) in [5.74, 6) is 0. The molecule has 0 saturated heterocycles. The molecule has 120 valence electrons. The van der Waals surface area contributed by atoms with Gasteiger partial charge in [-0.2, -0.15) is 0 Å². The highest BCUT2D eigenvalue weighted by Gasteiger charge is 2.31. The summed E-state index contributed by atoms with van der Waals surface area (Å²) in [6, 6.07) is 0.527. The number of ether oxygens (including phenoxy) is 2. The van der Waals surface area contributed by atoms with E-state index in [4.69, 9.17) is 9.47 Å². The fraction of sp³-hybridized carbons (Fsp3) is 1.00. The average Bonchev–Trinajstić information content (AvgIpc) is 2.67. The third-order valence-corrected chi connectivity index (χ3v) is 4.13. The predicted octanol–water partition coefficient (Wildman–Crippen LogP) is 3.91. The summed E-state index contributed by atoms with van der Waals surface area (Å²) in [4.78, 5) is 0. The molecule has 1 aliphatic carbocycles. The van der Waals surface area contributed by atoms with Crippen LogP contribution in [-0.4, -0.2) is 38.0 Å². The first-order chi connectivity index (χ1) is 9.68. The number of nitrogens with one attached hydrogen (secondary N) is 1. The van der Waals surface area contributed by atoms with Crippen molar-refractivity contribution in [2.24, 2.45) is 0 Å². The predicted molar refractivity (Wildman–Crippen MR) is 85.3 cm³/mol. The third kappa shape index (κ3) is 7.61. The van der Waals surface area contributed by atoms with E-state index in [0.29, 0.717) is 6.04 Å². The molecule has 1 aliphatic rings. The van der Waals surface area contributed by atoms with Gasteiger partial charge in [-0.3, -0.25) is 0 Å². The first-order valence-electron chi connectivity index (χ1n) is 8.63. The normalized spacial score (nSPS) is 19.2. The Balaban J connectivity index is 2.33. The summed E-state index contributed by atoms with van der Waals surface area (Å²) >= 11 is 0. The Kier molecular flexibility index (Phi) is 9.49. The van der Waals surface area contributed by atoms with Gasteiger partial charge in [-0.1, -0.05) is 52.9 Å². The lowest BCUT2D eigenvalue weighted by Crippen LogP contribution is -2.45. The van der Waals surface area contributed by atoms with E-state index in [2.05, 4.69) is 26.1 Å². The van der Waals surface area contributed by atoms with E-state index in [9.17, 15) is 0 Å². The molecule has 0 aromatic rings. The monoisotopic (exact) mass is 285 g/mol. The van der Waals surface area contributed by atoms with Crippen LogP contribution in [0.15, 0.2) is 0 Å². The van der Waals surface area contributed by atoms with Gasteiger partial charge in [0.05, 0.1) is 18.8 Å². The number of unbranched alkanes of at least 4 members (excludes halogenated alkanes) is 1. The van der Waals surface area contributed by atoms with Crippen molar-refractivity contribution in [1.82, 2.24) is 5.32 Å². The van der Waals surface area contributed by atoms with E-state index in [0.717, 1.165) is 32.8 Å². The minimum absolute atomic E-state index is 0.0505. The van der Waals surface area contributed by atoms with Crippen LogP contribution >= 0.6 is 0 Å². The van der Waals surface area contributed by atoms with Crippen LogP contribution in [0.3, 0.4) is 0 Å². The highest BCUT2D eigenvalue weighted by molar-refractivity contribution is 4.86. The summed E-state index contributed by atoms with van der Waals surface area (Å²) in [6.45, 7) is 9.94. The highest BCUT2D eigenvalue weighted by atomic mass is 16.5. The summed E-state index contributed by atoms with van der Waals surface area (Å²) < 4.78 is 11.9. The van der Waals surface area contributed by atoms with E-state index >= 15 is 0 Å². The van der Waals surface area contributed by atoms with Gasteiger partial charge in [-0.25, -0.2) is 0 Å². The lowest BCUT2D eigenvalue weighted by molar-refractivity contribution is -0.0760. The maximum Gasteiger partial charge on any atom is 0.0807 e. The zero-order chi connectivity index (χ0) is 14.7. The Bertz CT molecular complexity index is 223. The molecule has 3 nitrogen and oxygen atoms in total. The smallest absolute Gasteiger partial charge is 0.0807 e. The standard InChI is InChI=1S/C17H35NO2/c1-4-5-12-19-13-14-20-17(15-18-16(2)3)10-8-6-7-9-11-17/h16,18H,4-15H2,1-3H3. The quantitative estimate of drug-likeness (QED) is 0.487. The largest absolute Gasteiger partial charge is 0.379 e. The summed E-state index contributed by atoms with van der Waals surface area (Å²) in [7, 11) is 0. The van der Waals surface area contributed by atoms with Crippen molar-refractivity contribution in [2.75, 3.05) is 26.4 Å². The molecule has 1 saturated carbocycles. The van der Waals surface area contributed by atoms with Crippen LogP contribution in [0.1, 0.15) is 72.1 Å². The summed E-state index contributed by atoms with van der Waals surface area (Å²) in [5, 5.41) is 3.58. The Hall–Kier alpha value is -0.120. The molecule has 3 heteroatoms. The number of hydrogen-bond acceptors (Lipinski definition) is 3. The highest BCUT2D eigenvalue weighted by Crippen LogP contribution is 2.30. The molecule has 1 N–H and O–H groups in total. The number of rotatable bonds is 10. The van der Waals surface area contributed by atoms with Crippen molar-refractivity contribution in [3.63, 3.8) is 0 Å². The Morgan fingerprint density at radius 3 is 2.30 bits per heavy atom. The molecular formula is C17H35NO2. The Labute approximate surface area is 125 Å². The minimum atomic E-state index is 0.0505. The molecule has 20 heavy (non-hydrogen) atoms. The number of hydrogen-bond donors (Lipinski definition) is 1. The molecule has 0 aromatic heterocycles. The van der Waals surface area contributed by atoms with E-state index in [1.165, 1.54) is 44.9 Å². The van der Waals surface area contributed by atoms with Crippen LogP contribution in [-0.2, 0) is 9.47 Å². The molecule has 1 fully saturated rings. The van der Waals surface area contributed by atoms with Crippen LogP contribution in [0, 0.1) is 0 Å². The molecule has 0 aliphatic heterocycles. The van der Waals surface area contributed by atoms with Gasteiger partial charge in [-0.05, 0) is 19.3 Å². The molecular weight excluding hydrogens is 250 g/mol. The Morgan fingerprint density at radius 1 is 1.00 bits per heavy atom. The van der Waals surface area contributed by atoms with Crippen molar-refractivity contribution >= 4 is 0 Å². The van der Waals surface area contributed by atoms with Crippen LogP contribution in [0.2, 0.25) is 0 Å². The van der Waals surface area contributed by atoms with Gasteiger partial charge in [0.2, 0.25) is 0 Å². The SMILES string of the molecule is CCCCOCCOC1(CNC(C)C)CCCCCC1. The van der Waals surface area contributed by atoms with Gasteiger partial charge >= 0.3 is 0 Å². The van der Waals surface area contributed by atoms with Crippen LogP contribution < -0.4 is 5.32 Å². The van der Waals surface area contributed by atoms with E-state index in [1.54, 1.807) is 0 Å². The molecule has 0 atom stereocenters. The second kappa shape index (κ2) is 10.6. The van der Waals surface area contributed by atoms with Crippen molar-refractivity contribution in [3.05, 3.63) is 0 Å². The van der Waals surface area contributed by atoms with E-state index < -0.39 is 0 Å². The third-order valence-electron chi connectivity index (χ3n) is 4.13.